The molecule has 1 amide bonds. The number of nitrogens with zero attached hydrogens (tertiary/aromatic N) is 3. The van der Waals surface area contributed by atoms with Crippen LogP contribution < -0.4 is 10.0 Å². The molecule has 9 nitrogen and oxygen atoms in total. The van der Waals surface area contributed by atoms with Crippen LogP contribution >= 0.6 is 22.9 Å². The molecule has 3 aromatic rings. The summed E-state index contributed by atoms with van der Waals surface area (Å²) in [6, 6.07) is 5.01. The molecule has 3 N–H and O–H groups in total. The summed E-state index contributed by atoms with van der Waals surface area (Å²) >= 11 is 7.17. The molecule has 12 heteroatoms. The van der Waals surface area contributed by atoms with Gasteiger partial charge in [0, 0.05) is 24.8 Å². The van der Waals surface area contributed by atoms with Gasteiger partial charge < -0.3 is 10.4 Å². The van der Waals surface area contributed by atoms with E-state index in [1.807, 2.05) is 0 Å². The Morgan fingerprint density at radius 2 is 2.10 bits per heavy atom. The highest BCUT2D eigenvalue weighted by molar-refractivity contribution is 7.92. The summed E-state index contributed by atoms with van der Waals surface area (Å²) in [5.41, 5.74) is 1.89. The average molecular weight is 456 g/mol. The molecule has 0 saturated carbocycles. The van der Waals surface area contributed by atoms with Crippen LogP contribution in [0, 0.1) is 5.92 Å². The van der Waals surface area contributed by atoms with Gasteiger partial charge in [0.25, 0.3) is 0 Å². The zero-order valence-corrected chi connectivity index (χ0v) is 17.9. The van der Waals surface area contributed by atoms with Crippen molar-refractivity contribution >= 4 is 60.0 Å². The van der Waals surface area contributed by atoms with Gasteiger partial charge in [-0.25, -0.2) is 23.4 Å². The molecule has 3 aromatic heterocycles. The van der Waals surface area contributed by atoms with E-state index in [-0.39, 0.29) is 35.7 Å². The van der Waals surface area contributed by atoms with Crippen molar-refractivity contribution in [3.63, 3.8) is 0 Å². The number of thiazole rings is 1. The third kappa shape index (κ3) is 5.60. The first-order valence-corrected chi connectivity index (χ1v) is 11.5. The van der Waals surface area contributed by atoms with Crippen molar-refractivity contribution in [2.45, 2.75) is 13.3 Å². The Balaban J connectivity index is 1.87. The van der Waals surface area contributed by atoms with Crippen LogP contribution in [0.1, 0.15) is 13.3 Å². The molecular formula is C17H18ClN5O4S2. The standard InChI is InChI=1S/C17H18ClN5O4S2/c1-9(8-24)5-14(25)22-17-21-12-4-3-11(20-16(12)28-17)10-6-13(15(18)19-7-10)23-29(2,26)27/h3-4,6-7,9,23-24H,5,8H2,1-2H3,(H,21,22,25). The normalized spacial score (nSPS) is 12.7. The van der Waals surface area contributed by atoms with Gasteiger partial charge in [-0.2, -0.15) is 0 Å². The number of rotatable bonds is 7. The number of pyridine rings is 2. The Kier molecular flexibility index (Phi) is 6.32. The molecule has 0 bridgehead atoms. The Bertz CT molecular complexity index is 1170. The number of amides is 1. The van der Waals surface area contributed by atoms with Crippen LogP contribution in [0.3, 0.4) is 0 Å². The summed E-state index contributed by atoms with van der Waals surface area (Å²) in [5, 5.41) is 12.2. The maximum atomic E-state index is 12.0. The fourth-order valence-corrected chi connectivity index (χ4v) is 4.06. The number of sulfonamides is 1. The molecule has 0 saturated heterocycles. The highest BCUT2D eigenvalue weighted by Crippen LogP contribution is 2.30. The number of fused-ring (bicyclic) bond motifs is 1. The van der Waals surface area contributed by atoms with Gasteiger partial charge in [-0.15, -0.1) is 0 Å². The SMILES string of the molecule is CC(CO)CC(=O)Nc1nc2ccc(-c3cnc(Cl)c(NS(C)(=O)=O)c3)nc2s1. The number of aromatic nitrogens is 3. The lowest BCUT2D eigenvalue weighted by Crippen LogP contribution is -2.16. The maximum Gasteiger partial charge on any atom is 0.229 e. The molecular weight excluding hydrogens is 438 g/mol. The lowest BCUT2D eigenvalue weighted by molar-refractivity contribution is -0.117. The van der Waals surface area contributed by atoms with Gasteiger partial charge in [0.2, 0.25) is 15.9 Å². The summed E-state index contributed by atoms with van der Waals surface area (Å²) in [7, 11) is -3.51. The Morgan fingerprint density at radius 1 is 1.34 bits per heavy atom. The fourth-order valence-electron chi connectivity index (χ4n) is 2.44. The van der Waals surface area contributed by atoms with Crippen LogP contribution in [-0.4, -0.2) is 47.2 Å². The Labute approximate surface area is 176 Å². The molecule has 0 fully saturated rings. The summed E-state index contributed by atoms with van der Waals surface area (Å²) in [6.45, 7) is 1.71. The zero-order chi connectivity index (χ0) is 21.2. The summed E-state index contributed by atoms with van der Waals surface area (Å²) in [6.07, 6.45) is 2.70. The highest BCUT2D eigenvalue weighted by Gasteiger charge is 2.14. The number of carbonyl (C=O) groups is 1. The van der Waals surface area contributed by atoms with Gasteiger partial charge in [-0.3, -0.25) is 9.52 Å². The molecule has 0 radical (unpaired) electrons. The predicted molar refractivity (Wildman–Crippen MR) is 114 cm³/mol. The molecule has 154 valence electrons. The minimum absolute atomic E-state index is 0.0279. The molecule has 3 heterocycles. The van der Waals surface area contributed by atoms with Gasteiger partial charge in [-0.05, 0) is 24.1 Å². The summed E-state index contributed by atoms with van der Waals surface area (Å²) < 4.78 is 25.3. The van der Waals surface area contributed by atoms with Crippen molar-refractivity contribution < 1.29 is 18.3 Å². The molecule has 0 aromatic carbocycles. The smallest absolute Gasteiger partial charge is 0.229 e. The van der Waals surface area contributed by atoms with Crippen LogP contribution in [0.5, 0.6) is 0 Å². The molecule has 3 rings (SSSR count). The molecule has 29 heavy (non-hydrogen) atoms. The topological polar surface area (TPSA) is 134 Å². The second-order valence-corrected chi connectivity index (χ2v) is 9.60. The van der Waals surface area contributed by atoms with Gasteiger partial charge in [0.05, 0.1) is 17.6 Å². The van der Waals surface area contributed by atoms with Gasteiger partial charge >= 0.3 is 0 Å². The third-order valence-electron chi connectivity index (χ3n) is 3.78. The van der Waals surface area contributed by atoms with E-state index in [2.05, 4.69) is 25.0 Å². The number of anilines is 2. The van der Waals surface area contributed by atoms with Crippen LogP contribution in [0.2, 0.25) is 5.15 Å². The number of carbonyl (C=O) groups excluding carboxylic acids is 1. The number of hydrogen-bond acceptors (Lipinski definition) is 8. The maximum absolute atomic E-state index is 12.0. The van der Waals surface area contributed by atoms with Crippen LogP contribution in [0.25, 0.3) is 21.6 Å². The van der Waals surface area contributed by atoms with Crippen LogP contribution in [0.15, 0.2) is 24.4 Å². The van der Waals surface area contributed by atoms with Crippen molar-refractivity contribution in [1.82, 2.24) is 15.0 Å². The first kappa shape index (κ1) is 21.4. The van der Waals surface area contributed by atoms with E-state index >= 15 is 0 Å². The Morgan fingerprint density at radius 3 is 2.79 bits per heavy atom. The van der Waals surface area contributed by atoms with E-state index in [1.54, 1.807) is 25.1 Å². The monoisotopic (exact) mass is 455 g/mol. The summed E-state index contributed by atoms with van der Waals surface area (Å²) in [5.74, 6) is -0.370. The zero-order valence-electron chi connectivity index (χ0n) is 15.5. The lowest BCUT2D eigenvalue weighted by atomic mass is 10.1. The lowest BCUT2D eigenvalue weighted by Gasteiger charge is -2.08. The number of hydrogen-bond donors (Lipinski definition) is 3. The van der Waals surface area contributed by atoms with Gasteiger partial charge in [0.1, 0.15) is 10.3 Å². The number of aliphatic hydroxyl groups excluding tert-OH is 1. The van der Waals surface area contributed by atoms with E-state index in [0.29, 0.717) is 26.7 Å². The van der Waals surface area contributed by atoms with E-state index in [9.17, 15) is 13.2 Å². The second kappa shape index (κ2) is 8.57. The van der Waals surface area contributed by atoms with E-state index < -0.39 is 10.0 Å². The quantitative estimate of drug-likeness (QED) is 0.466. The van der Waals surface area contributed by atoms with Crippen LogP contribution in [-0.2, 0) is 14.8 Å². The highest BCUT2D eigenvalue weighted by atomic mass is 35.5. The first-order chi connectivity index (χ1) is 13.6. The predicted octanol–water partition coefficient (Wildman–Crippen LogP) is 2.74. The number of nitrogens with one attached hydrogen (secondary N) is 2. The molecule has 0 spiro atoms. The molecule has 0 aliphatic heterocycles. The molecule has 1 unspecified atom stereocenters. The van der Waals surface area contributed by atoms with Crippen molar-refractivity contribution in [2.24, 2.45) is 5.92 Å². The Hall–Kier alpha value is -2.34. The number of halogens is 1. The average Bonchev–Trinajstić information content (AvgIpc) is 3.03. The van der Waals surface area contributed by atoms with Gasteiger partial charge in [-0.1, -0.05) is 29.9 Å². The van der Waals surface area contributed by atoms with E-state index in [0.717, 1.165) is 6.26 Å². The molecule has 0 aliphatic carbocycles. The van der Waals surface area contributed by atoms with Crippen molar-refractivity contribution in [3.05, 3.63) is 29.5 Å². The first-order valence-electron chi connectivity index (χ1n) is 8.46. The summed E-state index contributed by atoms with van der Waals surface area (Å²) in [4.78, 5) is 25.4. The number of aliphatic hydroxyl groups is 1. The van der Waals surface area contributed by atoms with E-state index in [4.69, 9.17) is 16.7 Å². The minimum atomic E-state index is -3.51. The molecule has 0 aliphatic rings. The molecule has 1 atom stereocenters. The largest absolute Gasteiger partial charge is 0.396 e. The second-order valence-electron chi connectivity index (χ2n) is 6.52. The van der Waals surface area contributed by atoms with Gasteiger partial charge in [0.15, 0.2) is 10.3 Å². The van der Waals surface area contributed by atoms with E-state index in [1.165, 1.54) is 17.5 Å². The third-order valence-corrected chi connectivity index (χ3v) is 5.55. The van der Waals surface area contributed by atoms with Crippen molar-refractivity contribution in [3.8, 4) is 11.3 Å². The van der Waals surface area contributed by atoms with Crippen molar-refractivity contribution in [1.29, 1.82) is 0 Å². The minimum Gasteiger partial charge on any atom is -0.396 e. The van der Waals surface area contributed by atoms with Crippen molar-refractivity contribution in [2.75, 3.05) is 22.9 Å². The van der Waals surface area contributed by atoms with Crippen LogP contribution in [0.4, 0.5) is 10.8 Å². The fraction of sp³-hybridized carbons (Fsp3) is 0.294.